The third-order valence-corrected chi connectivity index (χ3v) is 3.49. The molecule has 0 bridgehead atoms. The van der Waals surface area contributed by atoms with Crippen LogP contribution < -0.4 is 5.32 Å². The van der Waals surface area contributed by atoms with Crippen LogP contribution in [0.2, 0.25) is 0 Å². The van der Waals surface area contributed by atoms with Crippen LogP contribution in [0.5, 0.6) is 0 Å². The van der Waals surface area contributed by atoms with Gasteiger partial charge in [-0.2, -0.15) is 0 Å². The number of hydrogen-bond donors (Lipinski definition) is 1. The second-order valence-electron chi connectivity index (χ2n) is 6.76. The number of carbonyl (C=O) groups excluding carboxylic acids is 3. The van der Waals surface area contributed by atoms with E-state index in [1.807, 2.05) is 30.3 Å². The Kier molecular flexibility index (Phi) is 8.09. The van der Waals surface area contributed by atoms with Gasteiger partial charge in [-0.05, 0) is 32.8 Å². The number of carbonyl (C=O) groups is 3. The second-order valence-corrected chi connectivity index (χ2v) is 6.76. The molecule has 7 nitrogen and oxygen atoms in total. The number of benzene rings is 1. The minimum Gasteiger partial charge on any atom is -0.469 e. The summed E-state index contributed by atoms with van der Waals surface area (Å²) in [7, 11) is 1.23. The highest BCUT2D eigenvalue weighted by atomic mass is 16.6. The van der Waals surface area contributed by atoms with E-state index in [9.17, 15) is 14.4 Å². The van der Waals surface area contributed by atoms with Gasteiger partial charge in [0.25, 0.3) is 0 Å². The maximum absolute atomic E-state index is 12.5. The average Bonchev–Trinajstić information content (AvgIpc) is 2.58. The van der Waals surface area contributed by atoms with E-state index in [-0.39, 0.29) is 13.0 Å². The van der Waals surface area contributed by atoms with E-state index in [2.05, 4.69) is 5.32 Å². The molecule has 1 N–H and O–H groups in total. The lowest BCUT2D eigenvalue weighted by Gasteiger charge is -2.27. The largest absolute Gasteiger partial charge is 0.469 e. The van der Waals surface area contributed by atoms with E-state index in [1.54, 1.807) is 27.7 Å². The lowest BCUT2D eigenvalue weighted by Crippen LogP contribution is -2.51. The minimum atomic E-state index is -1.20. The van der Waals surface area contributed by atoms with Crippen molar-refractivity contribution in [2.45, 2.75) is 52.4 Å². The van der Waals surface area contributed by atoms with Gasteiger partial charge in [0.1, 0.15) is 18.2 Å². The van der Waals surface area contributed by atoms with Crippen LogP contribution in [-0.4, -0.2) is 36.8 Å². The van der Waals surface area contributed by atoms with Crippen LogP contribution in [-0.2, 0) is 30.4 Å². The molecule has 0 aliphatic heterocycles. The summed E-state index contributed by atoms with van der Waals surface area (Å²) in [6.45, 7) is 6.87. The fourth-order valence-corrected chi connectivity index (χ4v) is 2.27. The Balaban J connectivity index is 2.84. The van der Waals surface area contributed by atoms with Gasteiger partial charge in [-0.3, -0.25) is 4.79 Å². The molecule has 1 aromatic carbocycles. The van der Waals surface area contributed by atoms with Crippen LogP contribution in [0.25, 0.3) is 0 Å². The predicted octanol–water partition coefficient (Wildman–Crippen LogP) is 2.82. The van der Waals surface area contributed by atoms with Crippen LogP contribution in [0.4, 0.5) is 4.79 Å². The number of esters is 2. The summed E-state index contributed by atoms with van der Waals surface area (Å²) in [4.78, 5) is 36.6. The smallest absolute Gasteiger partial charge is 0.408 e. The quantitative estimate of drug-likeness (QED) is 0.590. The Morgan fingerprint density at radius 3 is 2.19 bits per heavy atom. The highest BCUT2D eigenvalue weighted by Gasteiger charge is 2.37. The lowest BCUT2D eigenvalue weighted by molar-refractivity contribution is -0.164. The molecule has 0 spiro atoms. The molecule has 0 saturated heterocycles. The molecule has 1 aromatic rings. The van der Waals surface area contributed by atoms with Gasteiger partial charge in [0.05, 0.1) is 13.0 Å². The lowest BCUT2D eigenvalue weighted by atomic mass is 9.96. The van der Waals surface area contributed by atoms with Crippen molar-refractivity contribution in [2.24, 2.45) is 5.92 Å². The van der Waals surface area contributed by atoms with Gasteiger partial charge in [0, 0.05) is 0 Å². The summed E-state index contributed by atoms with van der Waals surface area (Å²) >= 11 is 0. The second kappa shape index (κ2) is 9.79. The number of amides is 1. The summed E-state index contributed by atoms with van der Waals surface area (Å²) < 4.78 is 15.2. The molecule has 7 heteroatoms. The monoisotopic (exact) mass is 365 g/mol. The Hall–Kier alpha value is -2.57. The fourth-order valence-electron chi connectivity index (χ4n) is 2.27. The number of nitrogens with one attached hydrogen (secondary N) is 1. The van der Waals surface area contributed by atoms with Crippen LogP contribution >= 0.6 is 0 Å². The number of methoxy groups -OCH3 is 1. The summed E-state index contributed by atoms with van der Waals surface area (Å²) in [5.74, 6) is -2.20. The molecule has 0 aromatic heterocycles. The van der Waals surface area contributed by atoms with E-state index < -0.39 is 35.6 Å². The molecular formula is C19H27NO6. The Morgan fingerprint density at radius 1 is 1.08 bits per heavy atom. The summed E-state index contributed by atoms with van der Waals surface area (Å²) in [5.41, 5.74) is 0.0378. The molecule has 0 fully saturated rings. The topological polar surface area (TPSA) is 90.9 Å². The normalized spacial score (nSPS) is 13.3. The molecule has 0 aliphatic carbocycles. The third kappa shape index (κ3) is 7.13. The van der Waals surface area contributed by atoms with Crippen molar-refractivity contribution in [2.75, 3.05) is 7.11 Å². The number of rotatable bonds is 7. The third-order valence-electron chi connectivity index (χ3n) is 3.49. The van der Waals surface area contributed by atoms with Crippen LogP contribution in [0, 0.1) is 5.92 Å². The average molecular weight is 365 g/mol. The summed E-state index contributed by atoms with van der Waals surface area (Å²) in [5, 5.41) is 2.44. The molecule has 0 aliphatic rings. The number of alkyl carbamates (subject to hydrolysis) is 1. The van der Waals surface area contributed by atoms with Crippen molar-refractivity contribution in [3.63, 3.8) is 0 Å². The molecule has 144 valence electrons. The standard InChI is InChI=1S/C19H27NO6/c1-6-14(16(21)24-5)15(17(22)26-19(2,3)4)20-18(23)25-12-13-10-8-7-9-11-13/h7-11,14-15H,6,12H2,1-5H3,(H,20,23)/t14-,15-/m0/s1. The van der Waals surface area contributed by atoms with Crippen molar-refractivity contribution in [3.05, 3.63) is 35.9 Å². The van der Waals surface area contributed by atoms with Crippen molar-refractivity contribution < 1.29 is 28.6 Å². The molecule has 1 rings (SSSR count). The van der Waals surface area contributed by atoms with E-state index in [4.69, 9.17) is 14.2 Å². The highest BCUT2D eigenvalue weighted by molar-refractivity contribution is 5.88. The van der Waals surface area contributed by atoms with Crippen molar-refractivity contribution >= 4 is 18.0 Å². The predicted molar refractivity (Wildman–Crippen MR) is 95.2 cm³/mol. The number of ether oxygens (including phenoxy) is 3. The Bertz CT molecular complexity index is 608. The van der Waals surface area contributed by atoms with Crippen molar-refractivity contribution in [1.29, 1.82) is 0 Å². The van der Waals surface area contributed by atoms with Crippen molar-refractivity contribution in [3.8, 4) is 0 Å². The van der Waals surface area contributed by atoms with Crippen LogP contribution in [0.15, 0.2) is 30.3 Å². The minimum absolute atomic E-state index is 0.0444. The zero-order valence-corrected chi connectivity index (χ0v) is 15.9. The summed E-state index contributed by atoms with van der Waals surface area (Å²) in [6.07, 6.45) is -0.526. The van der Waals surface area contributed by atoms with Crippen molar-refractivity contribution in [1.82, 2.24) is 5.32 Å². The highest BCUT2D eigenvalue weighted by Crippen LogP contribution is 2.17. The maximum Gasteiger partial charge on any atom is 0.408 e. The van der Waals surface area contributed by atoms with E-state index in [1.165, 1.54) is 7.11 Å². The van der Waals surface area contributed by atoms with Gasteiger partial charge in [0.15, 0.2) is 0 Å². The first-order valence-electron chi connectivity index (χ1n) is 8.45. The van der Waals surface area contributed by atoms with Gasteiger partial charge < -0.3 is 19.5 Å². The fraction of sp³-hybridized carbons (Fsp3) is 0.526. The van der Waals surface area contributed by atoms with Crippen LogP contribution in [0.1, 0.15) is 39.7 Å². The van der Waals surface area contributed by atoms with E-state index >= 15 is 0 Å². The molecule has 0 heterocycles. The van der Waals surface area contributed by atoms with E-state index in [0.29, 0.717) is 0 Å². The first-order chi connectivity index (χ1) is 12.2. The zero-order chi connectivity index (χ0) is 19.7. The van der Waals surface area contributed by atoms with Gasteiger partial charge in [-0.1, -0.05) is 37.3 Å². The maximum atomic E-state index is 12.5. The van der Waals surface area contributed by atoms with Crippen LogP contribution in [0.3, 0.4) is 0 Å². The Morgan fingerprint density at radius 2 is 1.69 bits per heavy atom. The molecule has 0 radical (unpaired) electrons. The molecule has 0 saturated carbocycles. The molecule has 2 atom stereocenters. The first kappa shape index (κ1) is 21.5. The van der Waals surface area contributed by atoms with Gasteiger partial charge in [-0.25, -0.2) is 9.59 Å². The van der Waals surface area contributed by atoms with E-state index in [0.717, 1.165) is 5.56 Å². The molecular weight excluding hydrogens is 338 g/mol. The molecule has 0 unspecified atom stereocenters. The molecule has 26 heavy (non-hydrogen) atoms. The van der Waals surface area contributed by atoms with Gasteiger partial charge >= 0.3 is 18.0 Å². The Labute approximate surface area is 154 Å². The zero-order valence-electron chi connectivity index (χ0n) is 15.9. The molecule has 1 amide bonds. The summed E-state index contributed by atoms with van der Waals surface area (Å²) in [6, 6.07) is 7.92. The first-order valence-corrected chi connectivity index (χ1v) is 8.45. The van der Waals surface area contributed by atoms with Gasteiger partial charge in [-0.15, -0.1) is 0 Å². The number of hydrogen-bond acceptors (Lipinski definition) is 6. The SMILES string of the molecule is CC[C@H](C(=O)OC)[C@H](NC(=O)OCc1ccccc1)C(=O)OC(C)(C)C. The van der Waals surface area contributed by atoms with Gasteiger partial charge in [0.2, 0.25) is 0 Å².